The Kier molecular flexibility index (Phi) is 4.16. The standard InChI is InChI=1S/C10H21NO2/c1-9(12)7-11-8-10(13)5-3-2-4-6-10/h9,11-13H,2-8H2,1H3. The fraction of sp³-hybridized carbons (Fsp3) is 1.00. The highest BCUT2D eigenvalue weighted by molar-refractivity contribution is 4.84. The van der Waals surface area contributed by atoms with Crippen molar-refractivity contribution in [2.45, 2.75) is 50.7 Å². The average molecular weight is 187 g/mol. The van der Waals surface area contributed by atoms with Crippen molar-refractivity contribution in [2.75, 3.05) is 13.1 Å². The Morgan fingerprint density at radius 3 is 2.46 bits per heavy atom. The minimum absolute atomic E-state index is 0.327. The van der Waals surface area contributed by atoms with Gasteiger partial charge in [-0.15, -0.1) is 0 Å². The molecule has 0 amide bonds. The van der Waals surface area contributed by atoms with Gasteiger partial charge in [0.15, 0.2) is 0 Å². The van der Waals surface area contributed by atoms with Gasteiger partial charge in [-0.2, -0.15) is 0 Å². The molecule has 0 aromatic heterocycles. The molecule has 13 heavy (non-hydrogen) atoms. The highest BCUT2D eigenvalue weighted by atomic mass is 16.3. The van der Waals surface area contributed by atoms with Crippen molar-refractivity contribution in [3.63, 3.8) is 0 Å². The second-order valence-electron chi connectivity index (χ2n) is 4.26. The first-order valence-electron chi connectivity index (χ1n) is 5.24. The highest BCUT2D eigenvalue weighted by Gasteiger charge is 2.28. The van der Waals surface area contributed by atoms with E-state index in [0.717, 1.165) is 25.7 Å². The van der Waals surface area contributed by atoms with Gasteiger partial charge in [-0.25, -0.2) is 0 Å². The molecule has 3 heteroatoms. The summed E-state index contributed by atoms with van der Waals surface area (Å²) in [6.45, 7) is 2.94. The van der Waals surface area contributed by atoms with Gasteiger partial charge in [0.1, 0.15) is 0 Å². The topological polar surface area (TPSA) is 52.5 Å². The molecule has 3 nitrogen and oxygen atoms in total. The van der Waals surface area contributed by atoms with E-state index in [9.17, 15) is 5.11 Å². The van der Waals surface area contributed by atoms with Crippen LogP contribution in [0.2, 0.25) is 0 Å². The summed E-state index contributed by atoms with van der Waals surface area (Å²) < 4.78 is 0. The molecule has 3 N–H and O–H groups in total. The van der Waals surface area contributed by atoms with Crippen LogP contribution in [-0.4, -0.2) is 35.0 Å². The molecule has 0 aromatic rings. The first-order valence-corrected chi connectivity index (χ1v) is 5.24. The van der Waals surface area contributed by atoms with Crippen molar-refractivity contribution in [3.8, 4) is 0 Å². The van der Waals surface area contributed by atoms with Crippen LogP contribution in [-0.2, 0) is 0 Å². The van der Waals surface area contributed by atoms with Gasteiger partial charge in [0.25, 0.3) is 0 Å². The number of hydrogen-bond donors (Lipinski definition) is 3. The minimum Gasteiger partial charge on any atom is -0.392 e. The van der Waals surface area contributed by atoms with Crippen molar-refractivity contribution in [3.05, 3.63) is 0 Å². The molecule has 1 fully saturated rings. The fourth-order valence-electron chi connectivity index (χ4n) is 1.90. The first-order chi connectivity index (χ1) is 6.12. The molecule has 1 unspecified atom stereocenters. The molecule has 1 rings (SSSR count). The van der Waals surface area contributed by atoms with Crippen molar-refractivity contribution in [1.29, 1.82) is 0 Å². The van der Waals surface area contributed by atoms with Crippen LogP contribution in [0.25, 0.3) is 0 Å². The van der Waals surface area contributed by atoms with Crippen LogP contribution >= 0.6 is 0 Å². The van der Waals surface area contributed by atoms with Gasteiger partial charge in [-0.05, 0) is 19.8 Å². The van der Waals surface area contributed by atoms with E-state index in [0.29, 0.717) is 13.1 Å². The number of nitrogens with one attached hydrogen (secondary N) is 1. The van der Waals surface area contributed by atoms with Crippen LogP contribution in [0, 0.1) is 0 Å². The SMILES string of the molecule is CC(O)CNCC1(O)CCCCC1. The monoisotopic (exact) mass is 187 g/mol. The van der Waals surface area contributed by atoms with Crippen LogP contribution in [0.15, 0.2) is 0 Å². The van der Waals surface area contributed by atoms with Gasteiger partial charge in [0, 0.05) is 13.1 Å². The van der Waals surface area contributed by atoms with E-state index < -0.39 is 5.60 Å². The molecule has 0 bridgehead atoms. The van der Waals surface area contributed by atoms with E-state index in [1.807, 2.05) is 0 Å². The van der Waals surface area contributed by atoms with E-state index in [4.69, 9.17) is 5.11 Å². The van der Waals surface area contributed by atoms with Gasteiger partial charge in [-0.3, -0.25) is 0 Å². The van der Waals surface area contributed by atoms with Crippen molar-refractivity contribution in [1.82, 2.24) is 5.32 Å². The van der Waals surface area contributed by atoms with Crippen LogP contribution in [0.4, 0.5) is 0 Å². The lowest BCUT2D eigenvalue weighted by atomic mass is 9.85. The molecular formula is C10H21NO2. The lowest BCUT2D eigenvalue weighted by Gasteiger charge is -2.32. The van der Waals surface area contributed by atoms with Crippen molar-refractivity contribution >= 4 is 0 Å². The third-order valence-corrected chi connectivity index (χ3v) is 2.68. The molecule has 1 aliphatic carbocycles. The van der Waals surface area contributed by atoms with E-state index in [-0.39, 0.29) is 6.10 Å². The Labute approximate surface area is 80.2 Å². The van der Waals surface area contributed by atoms with E-state index in [2.05, 4.69) is 5.32 Å². The maximum atomic E-state index is 10.0. The Bertz CT molecular complexity index is 142. The largest absolute Gasteiger partial charge is 0.392 e. The summed E-state index contributed by atoms with van der Waals surface area (Å²) in [7, 11) is 0. The molecule has 0 spiro atoms. The summed E-state index contributed by atoms with van der Waals surface area (Å²) in [6.07, 6.45) is 4.99. The number of aliphatic hydroxyl groups is 2. The normalized spacial score (nSPS) is 24.2. The Hall–Kier alpha value is -0.120. The maximum Gasteiger partial charge on any atom is 0.0771 e. The second kappa shape index (κ2) is 4.94. The van der Waals surface area contributed by atoms with Crippen LogP contribution in [0.5, 0.6) is 0 Å². The molecule has 1 aliphatic rings. The predicted molar refractivity (Wildman–Crippen MR) is 52.6 cm³/mol. The molecule has 78 valence electrons. The molecule has 1 saturated carbocycles. The predicted octanol–water partition coefficient (Wildman–Crippen LogP) is 0.652. The van der Waals surface area contributed by atoms with E-state index >= 15 is 0 Å². The third kappa shape index (κ3) is 4.07. The average Bonchev–Trinajstić information content (AvgIpc) is 2.04. The zero-order chi connectivity index (χ0) is 9.73. The maximum absolute atomic E-state index is 10.0. The zero-order valence-corrected chi connectivity index (χ0v) is 8.42. The minimum atomic E-state index is -0.507. The van der Waals surface area contributed by atoms with Gasteiger partial charge >= 0.3 is 0 Å². The van der Waals surface area contributed by atoms with Gasteiger partial charge in [-0.1, -0.05) is 19.3 Å². The summed E-state index contributed by atoms with van der Waals surface area (Å²) >= 11 is 0. The Morgan fingerprint density at radius 2 is 1.92 bits per heavy atom. The van der Waals surface area contributed by atoms with Gasteiger partial charge in [0.2, 0.25) is 0 Å². The number of rotatable bonds is 4. The Morgan fingerprint density at radius 1 is 1.31 bits per heavy atom. The quantitative estimate of drug-likeness (QED) is 0.606. The number of hydrogen-bond acceptors (Lipinski definition) is 3. The molecular weight excluding hydrogens is 166 g/mol. The van der Waals surface area contributed by atoms with Crippen LogP contribution < -0.4 is 5.32 Å². The molecule has 0 aliphatic heterocycles. The van der Waals surface area contributed by atoms with E-state index in [1.165, 1.54) is 6.42 Å². The smallest absolute Gasteiger partial charge is 0.0771 e. The van der Waals surface area contributed by atoms with Crippen molar-refractivity contribution < 1.29 is 10.2 Å². The summed E-state index contributed by atoms with van der Waals surface area (Å²) in [5.74, 6) is 0. The molecule has 0 radical (unpaired) electrons. The molecule has 0 aromatic carbocycles. The fourth-order valence-corrected chi connectivity index (χ4v) is 1.90. The van der Waals surface area contributed by atoms with Crippen molar-refractivity contribution in [2.24, 2.45) is 0 Å². The second-order valence-corrected chi connectivity index (χ2v) is 4.26. The third-order valence-electron chi connectivity index (χ3n) is 2.68. The van der Waals surface area contributed by atoms with Gasteiger partial charge < -0.3 is 15.5 Å². The molecule has 0 saturated heterocycles. The first kappa shape index (κ1) is 11.0. The van der Waals surface area contributed by atoms with E-state index in [1.54, 1.807) is 6.92 Å². The summed E-state index contributed by atoms with van der Waals surface area (Å²) in [6, 6.07) is 0. The number of aliphatic hydroxyl groups excluding tert-OH is 1. The Balaban J connectivity index is 2.17. The molecule has 1 atom stereocenters. The van der Waals surface area contributed by atoms with Crippen LogP contribution in [0.1, 0.15) is 39.0 Å². The summed E-state index contributed by atoms with van der Waals surface area (Å²) in [4.78, 5) is 0. The highest BCUT2D eigenvalue weighted by Crippen LogP contribution is 2.27. The molecule has 0 heterocycles. The zero-order valence-electron chi connectivity index (χ0n) is 8.42. The lowest BCUT2D eigenvalue weighted by molar-refractivity contribution is 0.00309. The lowest BCUT2D eigenvalue weighted by Crippen LogP contribution is -2.43. The summed E-state index contributed by atoms with van der Waals surface area (Å²) in [5.41, 5.74) is -0.507. The van der Waals surface area contributed by atoms with Crippen LogP contribution in [0.3, 0.4) is 0 Å². The van der Waals surface area contributed by atoms with Gasteiger partial charge in [0.05, 0.1) is 11.7 Å². The summed E-state index contributed by atoms with van der Waals surface area (Å²) in [5, 5.41) is 22.2.